The predicted molar refractivity (Wildman–Crippen MR) is 558 cm³/mol. The van der Waals surface area contributed by atoms with Crippen LogP contribution in [0.3, 0.4) is 0 Å². The Kier molecular flexibility index (Phi) is 26.2. The number of anilines is 3. The molecule has 21 aromatic heterocycles. The van der Waals surface area contributed by atoms with E-state index in [9.17, 15) is 32.3 Å². The van der Waals surface area contributed by atoms with Crippen LogP contribution in [0.1, 0.15) is 73.4 Å². The molecule has 11 N–H and O–H groups in total. The van der Waals surface area contributed by atoms with Crippen LogP contribution < -0.4 is 16.0 Å². The second-order valence-corrected chi connectivity index (χ2v) is 36.1. The van der Waals surface area contributed by atoms with Crippen LogP contribution in [0.4, 0.5) is 30.2 Å². The van der Waals surface area contributed by atoms with Crippen molar-refractivity contribution in [1.29, 1.82) is 0 Å². The Labute approximate surface area is 837 Å². The summed E-state index contributed by atoms with van der Waals surface area (Å²) < 4.78 is 40.3. The molecule has 24 aromatic rings. The molecule has 0 bridgehead atoms. The number of hydrogen-bond acceptors (Lipinski definition) is 25. The average Bonchev–Trinajstić information content (AvgIpc) is 1.63. The summed E-state index contributed by atoms with van der Waals surface area (Å²) in [5.74, 6) is 1.85. The summed E-state index contributed by atoms with van der Waals surface area (Å²) in [4.78, 5) is 138. The van der Waals surface area contributed by atoms with E-state index in [0.717, 1.165) is 149 Å². The van der Waals surface area contributed by atoms with Gasteiger partial charge in [-0.25, -0.2) is 53.0 Å². The fourth-order valence-electron chi connectivity index (χ4n) is 16.9. The molecule has 0 spiro atoms. The Morgan fingerprint density at radius 2 is 0.615 bits per heavy atom. The van der Waals surface area contributed by atoms with Crippen LogP contribution in [0.15, 0.2) is 270 Å². The Hall–Kier alpha value is -19.8. The Morgan fingerprint density at radius 3 is 0.926 bits per heavy atom. The number of fused-ring (bicyclic) bond motifs is 8. The molecular weight excluding hydrogens is 1880 g/mol. The van der Waals surface area contributed by atoms with E-state index in [4.69, 9.17) is 19.9 Å². The quantitative estimate of drug-likeness (QED) is 0.0283. The van der Waals surface area contributed by atoms with E-state index in [1.54, 1.807) is 167 Å². The molecule has 3 amide bonds. The molecule has 0 radical (unpaired) electrons. The highest BCUT2D eigenvalue weighted by Crippen LogP contribution is 2.40. The summed E-state index contributed by atoms with van der Waals surface area (Å²) in [6.07, 6.45) is 37.8. The maximum atomic E-state index is 13.5. The SMILES string of the molecule is CC(C)C(=O)Nc1cncc(-c2cnc3n[nH]c(-c4nc5c(-c6ccc(F)cc6)cncc5[nH]4)c3c2)c1.CC(C)CC(=O)Nc1cncc(-c2cnc3n[nH]c(-c4nc5c(-c6ccc(F)cc6)cncc5[nH]4)c3c2)c1.CC(C)CC(=O)Nc1cncc(-c2cnc3n[nH]c(-c4nc5c(-c6cccnc6)cncc5[nH]4)c3c2)c1.CCC(=O)Cc1ccc(-c2cnc3n[nH]c(-c4nc5c(-c6ccc(F)cc6)cncc5[nH]4)c3c2)cn1. The van der Waals surface area contributed by atoms with Crippen LogP contribution in [0.25, 0.3) is 223 Å². The van der Waals surface area contributed by atoms with Crippen molar-refractivity contribution in [3.8, 4) is 135 Å². The first-order valence-electron chi connectivity index (χ1n) is 47.2. The van der Waals surface area contributed by atoms with Crippen LogP contribution in [-0.2, 0) is 25.6 Å². The van der Waals surface area contributed by atoms with Crippen molar-refractivity contribution in [2.75, 3.05) is 16.0 Å². The fraction of sp³-hybridized carbons (Fsp3) is 0.128. The number of aromatic nitrogens is 29. The predicted octanol–water partition coefficient (Wildman–Crippen LogP) is 21.4. The third-order valence-electron chi connectivity index (χ3n) is 24.3. The van der Waals surface area contributed by atoms with Crippen molar-refractivity contribution in [2.24, 2.45) is 17.8 Å². The Morgan fingerprint density at radius 1 is 0.311 bits per heavy atom. The molecule has 24 rings (SSSR count). The van der Waals surface area contributed by atoms with E-state index >= 15 is 0 Å². The molecule has 21 heterocycles. The van der Waals surface area contributed by atoms with E-state index < -0.39 is 0 Å². The number of pyridine rings is 13. The highest BCUT2D eigenvalue weighted by Gasteiger charge is 2.25. The fourth-order valence-corrected chi connectivity index (χ4v) is 16.9. The number of nitrogens with zero attached hydrogens (tertiary/aromatic N) is 21. The van der Waals surface area contributed by atoms with Gasteiger partial charge in [-0.15, -0.1) is 0 Å². The lowest BCUT2D eigenvalue weighted by Crippen LogP contribution is -2.17. The van der Waals surface area contributed by atoms with Gasteiger partial charge in [0.2, 0.25) is 17.7 Å². The van der Waals surface area contributed by atoms with Gasteiger partial charge in [0.05, 0.1) is 121 Å². The Balaban J connectivity index is 0.000000116. The van der Waals surface area contributed by atoms with Gasteiger partial charge in [-0.05, 0) is 120 Å². The average molecular weight is 1970 g/mol. The van der Waals surface area contributed by atoms with Gasteiger partial charge >= 0.3 is 0 Å². The number of carbonyl (C=O) groups is 4. The summed E-state index contributed by atoms with van der Waals surface area (Å²) >= 11 is 0. The largest absolute Gasteiger partial charge is 0.335 e. The number of amides is 3. The zero-order valence-corrected chi connectivity index (χ0v) is 80.1. The molecule has 728 valence electrons. The number of benzene rings is 3. The van der Waals surface area contributed by atoms with Crippen LogP contribution in [0.5, 0.6) is 0 Å². The summed E-state index contributed by atoms with van der Waals surface area (Å²) in [5.41, 5.74) is 26.8. The number of carbonyl (C=O) groups excluding carboxylic acids is 4. The number of aromatic amines is 8. The van der Waals surface area contributed by atoms with Crippen LogP contribution in [0, 0.1) is 35.2 Å². The third-order valence-corrected chi connectivity index (χ3v) is 24.3. The monoisotopic (exact) mass is 1960 g/mol. The second-order valence-electron chi connectivity index (χ2n) is 36.1. The molecule has 3 aromatic carbocycles. The first kappa shape index (κ1) is 94.5. The van der Waals surface area contributed by atoms with Crippen molar-refractivity contribution in [3.05, 3.63) is 293 Å². The number of nitrogens with one attached hydrogen (secondary N) is 11. The number of hydrogen-bond donors (Lipinski definition) is 11. The number of halogens is 3. The molecule has 148 heavy (non-hydrogen) atoms. The number of Topliss-reactive ketones (excluding diaryl/α,β-unsaturated/α-hetero) is 1. The van der Waals surface area contributed by atoms with Crippen molar-refractivity contribution in [3.63, 3.8) is 0 Å². The molecule has 0 fully saturated rings. The number of imidazole rings is 4. The number of rotatable bonds is 23. The van der Waals surface area contributed by atoms with Gasteiger partial charge in [-0.3, -0.25) is 84.4 Å². The van der Waals surface area contributed by atoms with Crippen molar-refractivity contribution >= 4 is 129 Å². The lowest BCUT2D eigenvalue weighted by Gasteiger charge is -2.09. The summed E-state index contributed by atoms with van der Waals surface area (Å²) in [6.45, 7) is 13.5. The molecule has 0 atom stereocenters. The minimum absolute atomic E-state index is 0.0373. The topological polar surface area (TPSA) is 501 Å². The van der Waals surface area contributed by atoms with E-state index in [1.165, 1.54) is 36.4 Å². The maximum absolute atomic E-state index is 13.5. The van der Waals surface area contributed by atoms with Gasteiger partial charge in [-0.2, -0.15) is 20.4 Å². The standard InChI is InChI=1S/C28H23FN8O.C27H21FN8O.C27H20FN7O.C27H23N9O/c1-15(2)7-24(38)33-20-8-17(10-30-12-20)18-9-21-26(36-37-27(21)32-11-18)28-34-23-14-31-13-22(25(23)35-28)16-3-5-19(29)6-4-16;1-14(2)27(37)32-19-7-16(9-29-11-19)17-8-20-24(35-36-25(20)31-10-17)26-33-22-13-30-12-21(23(22)34-26)15-3-5-18(28)6-4-15;1-2-20(36)10-19-8-5-16(11-30-19)17-9-21-25(34-35-26(21)31-12-17)27-32-23-14-29-13-22(24(23)33-27)15-3-6-18(28)7-4-15;1-15(2)6-23(37)32-19-7-17(10-29-12-19)18-8-20-25(35-36-26(20)31-11-18)27-33-22-14-30-13-21(24(22)34-27)16-4-3-5-28-9-16/h3-6,8-15H,7H2,1-2H3,(H,33,38)(H,34,35)(H,32,36,37);3-14H,1-2H3,(H,32,37)(H,33,34)(H,31,35,36);3-9,11-14H,2,10H2,1H3,(H,32,33)(H,31,34,35);3-5,7-15H,6H2,1-2H3,(H,32,37)(H,33,34)(H,31,35,36). The zero-order chi connectivity index (χ0) is 102. The third kappa shape index (κ3) is 20.3. The highest BCUT2D eigenvalue weighted by atomic mass is 19.1. The minimum Gasteiger partial charge on any atom is -0.335 e. The lowest BCUT2D eigenvalue weighted by molar-refractivity contribution is -0.119. The first-order chi connectivity index (χ1) is 72.0. The summed E-state index contributed by atoms with van der Waals surface area (Å²) in [5, 5.41) is 41.4. The number of H-pyrrole nitrogens is 8. The molecule has 0 saturated carbocycles. The molecule has 0 unspecified atom stereocenters. The van der Waals surface area contributed by atoms with E-state index in [0.29, 0.717) is 122 Å². The smallest absolute Gasteiger partial charge is 0.226 e. The van der Waals surface area contributed by atoms with Gasteiger partial charge < -0.3 is 35.9 Å². The van der Waals surface area contributed by atoms with Crippen molar-refractivity contribution in [2.45, 2.75) is 74.1 Å². The van der Waals surface area contributed by atoms with Gasteiger partial charge in [0.25, 0.3) is 0 Å². The maximum Gasteiger partial charge on any atom is 0.226 e. The van der Waals surface area contributed by atoms with Crippen LogP contribution in [0.2, 0.25) is 0 Å². The van der Waals surface area contributed by atoms with Crippen molar-refractivity contribution in [1.82, 2.24) is 145 Å². The van der Waals surface area contributed by atoms with Crippen molar-refractivity contribution < 1.29 is 32.3 Å². The normalized spacial score (nSPS) is 11.4. The van der Waals surface area contributed by atoms with E-state index in [2.05, 4.69) is 141 Å². The minimum atomic E-state index is -0.304. The van der Waals surface area contributed by atoms with Crippen LogP contribution in [-0.4, -0.2) is 169 Å². The van der Waals surface area contributed by atoms with Gasteiger partial charge in [0.15, 0.2) is 45.9 Å². The molecule has 0 aliphatic rings. The van der Waals surface area contributed by atoms with E-state index in [-0.39, 0.29) is 58.7 Å². The highest BCUT2D eigenvalue weighted by molar-refractivity contribution is 6.04. The van der Waals surface area contributed by atoms with Gasteiger partial charge in [0, 0.05) is 196 Å². The molecule has 0 saturated heterocycles. The molecule has 0 aliphatic heterocycles. The molecule has 36 nitrogen and oxygen atoms in total. The second kappa shape index (κ2) is 41.1. The summed E-state index contributed by atoms with van der Waals surface area (Å²) in [6, 6.07) is 39.9. The first-order valence-corrected chi connectivity index (χ1v) is 47.2. The molecule has 0 aliphatic carbocycles. The van der Waals surface area contributed by atoms with Gasteiger partial charge in [0.1, 0.15) is 51.5 Å². The lowest BCUT2D eigenvalue weighted by atomic mass is 10.1. The molecular formula is C109H87F3N32O4. The summed E-state index contributed by atoms with van der Waals surface area (Å²) in [7, 11) is 0. The zero-order valence-electron chi connectivity index (χ0n) is 80.1. The molecule has 39 heteroatoms. The Bertz CT molecular complexity index is 9110. The van der Waals surface area contributed by atoms with E-state index in [1.807, 2.05) is 115 Å². The number of ketones is 1. The van der Waals surface area contributed by atoms with Crippen LogP contribution >= 0.6 is 0 Å². The van der Waals surface area contributed by atoms with Gasteiger partial charge in [-0.1, -0.05) is 97.0 Å².